The summed E-state index contributed by atoms with van der Waals surface area (Å²) >= 11 is 0. The van der Waals surface area contributed by atoms with E-state index in [0.717, 1.165) is 43.2 Å². The SMILES string of the molecule is CCN(CC)c1ccc(C(=O)N2CCCc3c(C)ccc(OC)c32)cn1. The van der Waals surface area contributed by atoms with Gasteiger partial charge in [-0.1, -0.05) is 6.07 Å². The van der Waals surface area contributed by atoms with Crippen LogP contribution in [0, 0.1) is 6.92 Å². The first-order valence-electron chi connectivity index (χ1n) is 9.30. The van der Waals surface area contributed by atoms with Crippen molar-refractivity contribution in [3.8, 4) is 5.75 Å². The third kappa shape index (κ3) is 3.26. The number of benzene rings is 1. The number of hydrogen-bond donors (Lipinski definition) is 0. The molecule has 26 heavy (non-hydrogen) atoms. The Labute approximate surface area is 155 Å². The molecule has 0 bridgehead atoms. The van der Waals surface area contributed by atoms with Crippen LogP contribution in [0.5, 0.6) is 5.75 Å². The number of fused-ring (bicyclic) bond motifs is 1. The van der Waals surface area contributed by atoms with Crippen LogP contribution in [0.3, 0.4) is 0 Å². The van der Waals surface area contributed by atoms with Crippen LogP contribution < -0.4 is 14.5 Å². The zero-order valence-electron chi connectivity index (χ0n) is 16.1. The Hall–Kier alpha value is -2.56. The lowest BCUT2D eigenvalue weighted by molar-refractivity contribution is 0.0984. The Balaban J connectivity index is 1.94. The molecule has 1 aliphatic heterocycles. The molecule has 2 aromatic rings. The summed E-state index contributed by atoms with van der Waals surface area (Å²) < 4.78 is 5.55. The van der Waals surface area contributed by atoms with Crippen molar-refractivity contribution in [2.24, 2.45) is 0 Å². The van der Waals surface area contributed by atoms with Crippen LogP contribution in [0.4, 0.5) is 11.5 Å². The second kappa shape index (κ2) is 7.77. The Morgan fingerprint density at radius 3 is 2.62 bits per heavy atom. The van der Waals surface area contributed by atoms with Gasteiger partial charge < -0.3 is 14.5 Å². The molecule has 5 heteroatoms. The van der Waals surface area contributed by atoms with Gasteiger partial charge in [0, 0.05) is 25.8 Å². The highest BCUT2D eigenvalue weighted by atomic mass is 16.5. The molecular formula is C21H27N3O2. The molecule has 3 rings (SSSR count). The number of nitrogens with zero attached hydrogens (tertiary/aromatic N) is 3. The second-order valence-corrected chi connectivity index (χ2v) is 6.55. The van der Waals surface area contributed by atoms with Crippen molar-refractivity contribution in [3.05, 3.63) is 47.2 Å². The Morgan fingerprint density at radius 2 is 2.00 bits per heavy atom. The van der Waals surface area contributed by atoms with Crippen LogP contribution in [0.1, 0.15) is 41.8 Å². The number of pyridine rings is 1. The van der Waals surface area contributed by atoms with Crippen LogP contribution in [0.25, 0.3) is 0 Å². The summed E-state index contributed by atoms with van der Waals surface area (Å²) in [5, 5.41) is 0. The number of rotatable bonds is 5. The first-order chi connectivity index (χ1) is 12.6. The van der Waals surface area contributed by atoms with E-state index >= 15 is 0 Å². The molecule has 5 nitrogen and oxygen atoms in total. The summed E-state index contributed by atoms with van der Waals surface area (Å²) in [5.41, 5.74) is 3.93. The van der Waals surface area contributed by atoms with E-state index in [0.29, 0.717) is 12.1 Å². The van der Waals surface area contributed by atoms with Crippen LogP contribution in [-0.4, -0.2) is 37.6 Å². The quantitative estimate of drug-likeness (QED) is 0.819. The van der Waals surface area contributed by atoms with Gasteiger partial charge in [-0.25, -0.2) is 4.98 Å². The minimum absolute atomic E-state index is 0.0200. The number of carbonyl (C=O) groups is 1. The fraction of sp³-hybridized carbons (Fsp3) is 0.429. The molecule has 0 fully saturated rings. The van der Waals surface area contributed by atoms with Crippen molar-refractivity contribution in [3.63, 3.8) is 0 Å². The minimum Gasteiger partial charge on any atom is -0.495 e. The van der Waals surface area contributed by atoms with Crippen LogP contribution in [0.15, 0.2) is 30.5 Å². The molecule has 0 aliphatic carbocycles. The van der Waals surface area contributed by atoms with Crippen molar-refractivity contribution in [1.82, 2.24) is 4.98 Å². The van der Waals surface area contributed by atoms with Gasteiger partial charge in [-0.2, -0.15) is 0 Å². The summed E-state index contributed by atoms with van der Waals surface area (Å²) in [7, 11) is 1.66. The number of aromatic nitrogens is 1. The van der Waals surface area contributed by atoms with Gasteiger partial charge in [-0.05, 0) is 62.9 Å². The molecule has 1 amide bonds. The molecule has 2 heterocycles. The smallest absolute Gasteiger partial charge is 0.259 e. The van der Waals surface area contributed by atoms with E-state index in [1.807, 2.05) is 23.1 Å². The summed E-state index contributed by atoms with van der Waals surface area (Å²) in [4.78, 5) is 21.7. The van der Waals surface area contributed by atoms with Crippen LogP contribution in [-0.2, 0) is 6.42 Å². The van der Waals surface area contributed by atoms with E-state index < -0.39 is 0 Å². The largest absolute Gasteiger partial charge is 0.495 e. The van der Waals surface area contributed by atoms with Gasteiger partial charge in [0.1, 0.15) is 11.6 Å². The lowest BCUT2D eigenvalue weighted by atomic mass is 9.95. The highest BCUT2D eigenvalue weighted by molar-refractivity contribution is 6.07. The number of ether oxygens (including phenoxy) is 1. The molecule has 0 spiro atoms. The molecule has 0 saturated carbocycles. The Bertz CT molecular complexity index is 783. The molecule has 0 N–H and O–H groups in total. The van der Waals surface area contributed by atoms with Crippen LogP contribution in [0.2, 0.25) is 0 Å². The number of aryl methyl sites for hydroxylation is 1. The summed E-state index contributed by atoms with van der Waals surface area (Å²) in [6.07, 6.45) is 3.62. The molecule has 0 radical (unpaired) electrons. The highest BCUT2D eigenvalue weighted by Crippen LogP contribution is 2.38. The number of hydrogen-bond acceptors (Lipinski definition) is 4. The van der Waals surface area contributed by atoms with Gasteiger partial charge in [0.15, 0.2) is 0 Å². The van der Waals surface area contributed by atoms with Crippen molar-refractivity contribution >= 4 is 17.4 Å². The molecule has 1 aliphatic rings. The van der Waals surface area contributed by atoms with E-state index in [1.54, 1.807) is 13.3 Å². The maximum Gasteiger partial charge on any atom is 0.259 e. The van der Waals surface area contributed by atoms with Gasteiger partial charge in [-0.3, -0.25) is 4.79 Å². The predicted octanol–water partition coefficient (Wildman–Crippen LogP) is 3.84. The fourth-order valence-electron chi connectivity index (χ4n) is 3.62. The number of methoxy groups -OCH3 is 1. The van der Waals surface area contributed by atoms with E-state index in [-0.39, 0.29) is 5.91 Å². The normalized spacial score (nSPS) is 13.3. The fourth-order valence-corrected chi connectivity index (χ4v) is 3.62. The van der Waals surface area contributed by atoms with Crippen molar-refractivity contribution in [2.75, 3.05) is 36.5 Å². The Kier molecular flexibility index (Phi) is 5.45. The van der Waals surface area contributed by atoms with Gasteiger partial charge >= 0.3 is 0 Å². The molecule has 0 saturated heterocycles. The van der Waals surface area contributed by atoms with Gasteiger partial charge in [0.05, 0.1) is 18.4 Å². The van der Waals surface area contributed by atoms with Crippen LogP contribution >= 0.6 is 0 Å². The third-order valence-electron chi connectivity index (χ3n) is 5.11. The topological polar surface area (TPSA) is 45.7 Å². The molecule has 1 aromatic heterocycles. The van der Waals surface area contributed by atoms with E-state index in [9.17, 15) is 4.79 Å². The number of amides is 1. The summed E-state index contributed by atoms with van der Waals surface area (Å²) in [5.74, 6) is 1.64. The van der Waals surface area contributed by atoms with Gasteiger partial charge in [-0.15, -0.1) is 0 Å². The zero-order chi connectivity index (χ0) is 18.7. The van der Waals surface area contributed by atoms with E-state index in [1.165, 1.54) is 11.1 Å². The average molecular weight is 353 g/mol. The lowest BCUT2D eigenvalue weighted by Gasteiger charge is -2.32. The Morgan fingerprint density at radius 1 is 1.23 bits per heavy atom. The molecule has 138 valence electrons. The number of anilines is 2. The summed E-state index contributed by atoms with van der Waals surface area (Å²) in [6, 6.07) is 7.81. The maximum atomic E-state index is 13.2. The van der Waals surface area contributed by atoms with Crippen molar-refractivity contribution < 1.29 is 9.53 Å². The standard InChI is InChI=1S/C21H27N3O2/c1-5-23(6-2)19-12-10-16(14-22-19)21(25)24-13-7-8-17-15(3)9-11-18(26-4)20(17)24/h9-12,14H,5-8,13H2,1-4H3. The third-order valence-corrected chi connectivity index (χ3v) is 5.11. The predicted molar refractivity (Wildman–Crippen MR) is 106 cm³/mol. The first-order valence-corrected chi connectivity index (χ1v) is 9.30. The summed E-state index contributed by atoms with van der Waals surface area (Å²) in [6.45, 7) is 8.78. The van der Waals surface area contributed by atoms with Gasteiger partial charge in [0.2, 0.25) is 0 Å². The number of carbonyl (C=O) groups excluding carboxylic acids is 1. The second-order valence-electron chi connectivity index (χ2n) is 6.55. The van der Waals surface area contributed by atoms with E-state index in [4.69, 9.17) is 4.74 Å². The molecule has 0 atom stereocenters. The van der Waals surface area contributed by atoms with Gasteiger partial charge in [0.25, 0.3) is 5.91 Å². The van der Waals surface area contributed by atoms with E-state index in [2.05, 4.69) is 36.7 Å². The highest BCUT2D eigenvalue weighted by Gasteiger charge is 2.28. The molecule has 0 unspecified atom stereocenters. The first kappa shape index (κ1) is 18.2. The van der Waals surface area contributed by atoms with Crippen molar-refractivity contribution in [2.45, 2.75) is 33.6 Å². The molecule has 1 aromatic carbocycles. The van der Waals surface area contributed by atoms with Crippen molar-refractivity contribution in [1.29, 1.82) is 0 Å². The monoisotopic (exact) mass is 353 g/mol. The minimum atomic E-state index is -0.0200. The zero-order valence-corrected chi connectivity index (χ0v) is 16.1. The lowest BCUT2D eigenvalue weighted by Crippen LogP contribution is -2.36. The maximum absolute atomic E-state index is 13.2. The molecular weight excluding hydrogens is 326 g/mol. The average Bonchev–Trinajstić information content (AvgIpc) is 2.69.